The smallest absolute Gasteiger partial charge is 0.183 e. The summed E-state index contributed by atoms with van der Waals surface area (Å²) in [6.45, 7) is 1.83. The summed E-state index contributed by atoms with van der Waals surface area (Å²) in [5.41, 5.74) is 0.920. The first kappa shape index (κ1) is 15.4. The van der Waals surface area contributed by atoms with Crippen molar-refractivity contribution in [2.45, 2.75) is 38.3 Å². The van der Waals surface area contributed by atoms with Crippen LogP contribution in [0.15, 0.2) is 12.3 Å². The molecule has 1 fully saturated rings. The van der Waals surface area contributed by atoms with E-state index in [0.29, 0.717) is 11.9 Å². The third-order valence-corrected chi connectivity index (χ3v) is 4.25. The molecular weight excluding hydrogens is 276 g/mol. The molecule has 5 heteroatoms. The van der Waals surface area contributed by atoms with Gasteiger partial charge in [0.1, 0.15) is 5.69 Å². The van der Waals surface area contributed by atoms with Gasteiger partial charge in [-0.05, 0) is 19.4 Å². The molecule has 1 atom stereocenters. The van der Waals surface area contributed by atoms with E-state index < -0.39 is 0 Å². The minimum absolute atomic E-state index is 0.428. The van der Waals surface area contributed by atoms with Crippen LogP contribution in [0.1, 0.15) is 31.4 Å². The molecule has 2 rings (SSSR count). The number of halogens is 1. The molecule has 0 N–H and O–H groups in total. The first-order chi connectivity index (χ1) is 9.80. The minimum Gasteiger partial charge on any atom is -0.493 e. The average molecular weight is 299 g/mol. The van der Waals surface area contributed by atoms with Crippen molar-refractivity contribution in [1.29, 1.82) is 0 Å². The van der Waals surface area contributed by atoms with E-state index in [4.69, 9.17) is 21.1 Å². The van der Waals surface area contributed by atoms with Gasteiger partial charge in [-0.1, -0.05) is 12.8 Å². The molecule has 0 aromatic carbocycles. The van der Waals surface area contributed by atoms with Crippen molar-refractivity contribution < 1.29 is 9.47 Å². The van der Waals surface area contributed by atoms with Crippen molar-refractivity contribution in [3.63, 3.8) is 0 Å². The topological polar surface area (TPSA) is 34.6 Å². The fraction of sp³-hybridized carbons (Fsp3) is 0.667. The van der Waals surface area contributed by atoms with E-state index in [1.165, 1.54) is 19.3 Å². The second kappa shape index (κ2) is 7.70. The molecule has 1 aliphatic rings. The molecule has 1 saturated heterocycles. The standard InChI is InChI=1S/C15H23ClN2O2/c1-19-14-7-8-17-13(15(14)20-2)11-18-9-5-3-4-6-12(18)10-16/h7-8,12H,3-6,9-11H2,1-2H3. The monoisotopic (exact) mass is 298 g/mol. The van der Waals surface area contributed by atoms with E-state index >= 15 is 0 Å². The number of methoxy groups -OCH3 is 2. The molecular formula is C15H23ClN2O2. The number of aromatic nitrogens is 1. The Balaban J connectivity index is 2.19. The molecule has 1 aliphatic heterocycles. The van der Waals surface area contributed by atoms with E-state index in [-0.39, 0.29) is 0 Å². The molecule has 0 radical (unpaired) electrons. The van der Waals surface area contributed by atoms with Crippen LogP contribution in [0.5, 0.6) is 11.5 Å². The van der Waals surface area contributed by atoms with Gasteiger partial charge in [0.05, 0.1) is 14.2 Å². The van der Waals surface area contributed by atoms with E-state index in [0.717, 1.165) is 36.7 Å². The van der Waals surface area contributed by atoms with Crippen LogP contribution in [0.4, 0.5) is 0 Å². The van der Waals surface area contributed by atoms with E-state index in [1.54, 1.807) is 20.4 Å². The van der Waals surface area contributed by atoms with Gasteiger partial charge in [0.15, 0.2) is 11.5 Å². The SMILES string of the molecule is COc1ccnc(CN2CCCCCC2CCl)c1OC. The highest BCUT2D eigenvalue weighted by Gasteiger charge is 2.22. The molecule has 112 valence electrons. The van der Waals surface area contributed by atoms with Gasteiger partial charge < -0.3 is 9.47 Å². The fourth-order valence-electron chi connectivity index (χ4n) is 2.78. The zero-order chi connectivity index (χ0) is 14.4. The lowest BCUT2D eigenvalue weighted by Crippen LogP contribution is -2.36. The maximum Gasteiger partial charge on any atom is 0.183 e. The molecule has 1 aromatic heterocycles. The van der Waals surface area contributed by atoms with Gasteiger partial charge in [0.25, 0.3) is 0 Å². The highest BCUT2D eigenvalue weighted by Crippen LogP contribution is 2.31. The number of rotatable bonds is 5. The summed E-state index contributed by atoms with van der Waals surface area (Å²) >= 11 is 6.13. The second-order valence-electron chi connectivity index (χ2n) is 5.12. The molecule has 0 bridgehead atoms. The van der Waals surface area contributed by atoms with Crippen LogP contribution in [-0.2, 0) is 6.54 Å². The number of alkyl halides is 1. The van der Waals surface area contributed by atoms with Gasteiger partial charge in [-0.25, -0.2) is 0 Å². The van der Waals surface area contributed by atoms with Gasteiger partial charge in [0, 0.05) is 30.7 Å². The lowest BCUT2D eigenvalue weighted by atomic mass is 10.1. The average Bonchev–Trinajstić information content (AvgIpc) is 2.71. The van der Waals surface area contributed by atoms with Crippen molar-refractivity contribution in [1.82, 2.24) is 9.88 Å². The van der Waals surface area contributed by atoms with Crippen LogP contribution in [0.25, 0.3) is 0 Å². The second-order valence-corrected chi connectivity index (χ2v) is 5.43. The lowest BCUT2D eigenvalue weighted by molar-refractivity contribution is 0.201. The maximum absolute atomic E-state index is 6.13. The van der Waals surface area contributed by atoms with E-state index in [1.807, 2.05) is 6.07 Å². The quantitative estimate of drug-likeness (QED) is 0.783. The van der Waals surface area contributed by atoms with E-state index in [9.17, 15) is 0 Å². The van der Waals surface area contributed by atoms with Crippen molar-refractivity contribution in [2.24, 2.45) is 0 Å². The van der Waals surface area contributed by atoms with Crippen LogP contribution in [-0.4, -0.2) is 42.6 Å². The Labute approximate surface area is 126 Å². The van der Waals surface area contributed by atoms with Gasteiger partial charge in [-0.15, -0.1) is 11.6 Å². The third-order valence-electron chi connectivity index (χ3n) is 3.90. The number of likely N-dealkylation sites (tertiary alicyclic amines) is 1. The summed E-state index contributed by atoms with van der Waals surface area (Å²) in [6.07, 6.45) is 6.70. The lowest BCUT2D eigenvalue weighted by Gasteiger charge is -2.28. The van der Waals surface area contributed by atoms with Crippen molar-refractivity contribution in [3.8, 4) is 11.5 Å². The number of ether oxygens (including phenoxy) is 2. The molecule has 0 spiro atoms. The Morgan fingerprint density at radius 1 is 1.30 bits per heavy atom. The summed E-state index contributed by atoms with van der Waals surface area (Å²) in [5.74, 6) is 2.13. The largest absolute Gasteiger partial charge is 0.493 e. The highest BCUT2D eigenvalue weighted by molar-refractivity contribution is 6.18. The predicted molar refractivity (Wildman–Crippen MR) is 80.7 cm³/mol. The summed E-state index contributed by atoms with van der Waals surface area (Å²) < 4.78 is 10.8. The summed E-state index contributed by atoms with van der Waals surface area (Å²) in [7, 11) is 3.31. The molecule has 2 heterocycles. The Bertz CT molecular complexity index is 428. The van der Waals surface area contributed by atoms with Crippen LogP contribution in [0.3, 0.4) is 0 Å². The van der Waals surface area contributed by atoms with Crippen molar-refractivity contribution in [3.05, 3.63) is 18.0 Å². The third kappa shape index (κ3) is 3.55. The first-order valence-electron chi connectivity index (χ1n) is 7.16. The zero-order valence-corrected chi connectivity index (χ0v) is 13.0. The molecule has 0 saturated carbocycles. The summed E-state index contributed by atoms with van der Waals surface area (Å²) in [4.78, 5) is 6.88. The van der Waals surface area contributed by atoms with Gasteiger partial charge in [-0.3, -0.25) is 9.88 Å². The van der Waals surface area contributed by atoms with Crippen LogP contribution >= 0.6 is 11.6 Å². The maximum atomic E-state index is 6.13. The van der Waals surface area contributed by atoms with Gasteiger partial charge in [0.2, 0.25) is 0 Å². The molecule has 1 unspecified atom stereocenters. The van der Waals surface area contributed by atoms with Crippen LogP contribution in [0, 0.1) is 0 Å². The van der Waals surface area contributed by atoms with Crippen molar-refractivity contribution >= 4 is 11.6 Å². The molecule has 1 aromatic rings. The number of nitrogens with zero attached hydrogens (tertiary/aromatic N) is 2. The predicted octanol–water partition coefficient (Wildman–Crippen LogP) is 3.08. The summed E-state index contributed by atoms with van der Waals surface area (Å²) in [6, 6.07) is 2.25. The molecule has 20 heavy (non-hydrogen) atoms. The Morgan fingerprint density at radius 3 is 2.85 bits per heavy atom. The van der Waals surface area contributed by atoms with E-state index in [2.05, 4.69) is 9.88 Å². The molecule has 0 amide bonds. The highest BCUT2D eigenvalue weighted by atomic mass is 35.5. The molecule has 4 nitrogen and oxygen atoms in total. The molecule has 0 aliphatic carbocycles. The zero-order valence-electron chi connectivity index (χ0n) is 12.3. The van der Waals surface area contributed by atoms with Crippen LogP contribution < -0.4 is 9.47 Å². The fourth-order valence-corrected chi connectivity index (χ4v) is 3.12. The van der Waals surface area contributed by atoms with Gasteiger partial charge >= 0.3 is 0 Å². The number of hydrogen-bond acceptors (Lipinski definition) is 4. The van der Waals surface area contributed by atoms with Crippen molar-refractivity contribution in [2.75, 3.05) is 26.6 Å². The van der Waals surface area contributed by atoms with Gasteiger partial charge in [-0.2, -0.15) is 0 Å². The van der Waals surface area contributed by atoms with Crippen LogP contribution in [0.2, 0.25) is 0 Å². The summed E-state index contributed by atoms with van der Waals surface area (Å²) in [5, 5.41) is 0. The number of pyridine rings is 1. The Kier molecular flexibility index (Phi) is 5.92. The number of hydrogen-bond donors (Lipinski definition) is 0. The minimum atomic E-state index is 0.428. The normalized spacial score (nSPS) is 20.4. The first-order valence-corrected chi connectivity index (χ1v) is 7.69. The Hall–Kier alpha value is -1.00. The Morgan fingerprint density at radius 2 is 2.15 bits per heavy atom.